The Kier molecular flexibility index (Phi) is 4.36. The van der Waals surface area contributed by atoms with Crippen LogP contribution in [-0.2, 0) is 6.54 Å². The van der Waals surface area contributed by atoms with E-state index in [4.69, 9.17) is 23.2 Å². The number of nitrogens with one attached hydrogen (secondary N) is 2. The minimum Gasteiger partial charge on any atom is -0.318 e. The Labute approximate surface area is 158 Å². The van der Waals surface area contributed by atoms with Crippen LogP contribution < -0.4 is 5.32 Å². The minimum absolute atomic E-state index is 0.300. The van der Waals surface area contributed by atoms with Gasteiger partial charge in [0.25, 0.3) is 5.91 Å². The maximum atomic E-state index is 12.5. The molecule has 0 unspecified atom stereocenters. The zero-order valence-corrected chi connectivity index (χ0v) is 14.9. The molecule has 2 aromatic carbocycles. The fraction of sp³-hybridized carbons (Fsp3) is 0.0556. The van der Waals surface area contributed by atoms with E-state index in [9.17, 15) is 4.79 Å². The molecule has 26 heavy (non-hydrogen) atoms. The van der Waals surface area contributed by atoms with E-state index in [1.54, 1.807) is 29.2 Å². The molecule has 0 radical (unpaired) electrons. The summed E-state index contributed by atoms with van der Waals surface area (Å²) in [5.74, 6) is -0.300. The Balaban J connectivity index is 1.50. The number of nitrogens with zero attached hydrogens (tertiary/aromatic N) is 3. The second-order valence-corrected chi connectivity index (χ2v) is 6.58. The summed E-state index contributed by atoms with van der Waals surface area (Å²) in [5, 5.41) is 15.9. The average Bonchev–Trinajstić information content (AvgIpc) is 3.24. The second-order valence-electron chi connectivity index (χ2n) is 5.73. The zero-order valence-electron chi connectivity index (χ0n) is 13.4. The Morgan fingerprint density at radius 3 is 2.88 bits per heavy atom. The topological polar surface area (TPSA) is 75.6 Å². The van der Waals surface area contributed by atoms with Crippen molar-refractivity contribution >= 4 is 45.7 Å². The molecule has 0 aliphatic heterocycles. The van der Waals surface area contributed by atoms with Gasteiger partial charge in [-0.25, -0.2) is 0 Å². The number of amides is 1. The lowest BCUT2D eigenvalue weighted by Crippen LogP contribution is -2.12. The van der Waals surface area contributed by atoms with Crippen molar-refractivity contribution in [1.82, 2.24) is 20.0 Å². The number of halogens is 2. The van der Waals surface area contributed by atoms with Crippen molar-refractivity contribution in [2.45, 2.75) is 6.54 Å². The number of hydrogen-bond acceptors (Lipinski definition) is 3. The van der Waals surface area contributed by atoms with E-state index in [0.29, 0.717) is 28.0 Å². The fourth-order valence-electron chi connectivity index (χ4n) is 2.67. The van der Waals surface area contributed by atoms with E-state index in [1.807, 2.05) is 30.3 Å². The molecule has 4 rings (SSSR count). The van der Waals surface area contributed by atoms with Crippen molar-refractivity contribution in [3.05, 3.63) is 76.2 Å². The van der Waals surface area contributed by atoms with E-state index in [-0.39, 0.29) is 5.91 Å². The van der Waals surface area contributed by atoms with Crippen molar-refractivity contribution in [3.63, 3.8) is 0 Å². The first-order valence-electron chi connectivity index (χ1n) is 7.81. The Bertz CT molecular complexity index is 1100. The summed E-state index contributed by atoms with van der Waals surface area (Å²) >= 11 is 12.1. The van der Waals surface area contributed by atoms with Crippen LogP contribution in [0, 0.1) is 0 Å². The van der Waals surface area contributed by atoms with Crippen molar-refractivity contribution in [1.29, 1.82) is 0 Å². The van der Waals surface area contributed by atoms with Crippen molar-refractivity contribution in [2.75, 3.05) is 5.32 Å². The summed E-state index contributed by atoms with van der Waals surface area (Å²) in [6, 6.07) is 12.8. The first kappa shape index (κ1) is 16.6. The van der Waals surface area contributed by atoms with Crippen LogP contribution in [0.2, 0.25) is 10.0 Å². The number of H-pyrrole nitrogens is 1. The fourth-order valence-corrected chi connectivity index (χ4v) is 3.13. The highest BCUT2D eigenvalue weighted by atomic mass is 35.5. The second kappa shape index (κ2) is 6.82. The number of aromatic amines is 1. The molecule has 130 valence electrons. The van der Waals surface area contributed by atoms with Gasteiger partial charge in [0.05, 0.1) is 23.9 Å². The predicted molar refractivity (Wildman–Crippen MR) is 102 cm³/mol. The predicted octanol–water partition coefficient (Wildman–Crippen LogP) is 4.37. The largest absolute Gasteiger partial charge is 0.318 e. The molecule has 0 bridgehead atoms. The van der Waals surface area contributed by atoms with Crippen LogP contribution in [-0.4, -0.2) is 25.9 Å². The Hall–Kier alpha value is -2.83. The number of hydrogen-bond donors (Lipinski definition) is 2. The summed E-state index contributed by atoms with van der Waals surface area (Å²) in [5.41, 5.74) is 2.61. The Morgan fingerprint density at radius 1 is 1.19 bits per heavy atom. The third kappa shape index (κ3) is 3.29. The number of aromatic nitrogens is 4. The molecule has 0 spiro atoms. The monoisotopic (exact) mass is 385 g/mol. The highest BCUT2D eigenvalue weighted by Crippen LogP contribution is 2.22. The molecular weight excluding hydrogens is 373 g/mol. The standard InChI is InChI=1S/C18H13Cl2N5O/c19-12-6-5-11(15(20)7-12)9-25-10-13(8-21-25)22-18(26)17-14-3-1-2-4-16(14)23-24-17/h1-8,10H,9H2,(H,22,26)(H,23,24). The van der Waals surface area contributed by atoms with E-state index in [1.165, 1.54) is 0 Å². The van der Waals surface area contributed by atoms with Gasteiger partial charge in [0.2, 0.25) is 0 Å². The number of anilines is 1. The minimum atomic E-state index is -0.300. The summed E-state index contributed by atoms with van der Waals surface area (Å²) in [4.78, 5) is 12.5. The molecule has 8 heteroatoms. The Morgan fingerprint density at radius 2 is 2.04 bits per heavy atom. The van der Waals surface area contributed by atoms with Gasteiger partial charge in [0, 0.05) is 21.6 Å². The van der Waals surface area contributed by atoms with Crippen molar-refractivity contribution in [2.24, 2.45) is 0 Å². The number of para-hydroxylation sites is 1. The molecular formula is C18H13Cl2N5O. The van der Waals surface area contributed by atoms with Gasteiger partial charge in [-0.15, -0.1) is 0 Å². The van der Waals surface area contributed by atoms with Crippen LogP contribution in [0.15, 0.2) is 54.9 Å². The van der Waals surface area contributed by atoms with Gasteiger partial charge in [0.1, 0.15) is 0 Å². The first-order valence-corrected chi connectivity index (χ1v) is 8.56. The van der Waals surface area contributed by atoms with Crippen LogP contribution in [0.3, 0.4) is 0 Å². The van der Waals surface area contributed by atoms with E-state index < -0.39 is 0 Å². The number of fused-ring (bicyclic) bond motifs is 1. The van der Waals surface area contributed by atoms with Gasteiger partial charge < -0.3 is 5.32 Å². The van der Waals surface area contributed by atoms with Gasteiger partial charge in [-0.3, -0.25) is 14.6 Å². The quantitative estimate of drug-likeness (QED) is 0.547. The number of benzene rings is 2. The molecule has 0 fully saturated rings. The van der Waals surface area contributed by atoms with Crippen molar-refractivity contribution in [3.8, 4) is 0 Å². The van der Waals surface area contributed by atoms with E-state index >= 15 is 0 Å². The summed E-state index contributed by atoms with van der Waals surface area (Å²) in [6.45, 7) is 0.469. The molecule has 0 saturated carbocycles. The third-order valence-electron chi connectivity index (χ3n) is 3.92. The van der Waals surface area contributed by atoms with Gasteiger partial charge in [-0.2, -0.15) is 10.2 Å². The molecule has 0 aliphatic rings. The lowest BCUT2D eigenvalue weighted by Gasteiger charge is -2.05. The zero-order chi connectivity index (χ0) is 18.1. The van der Waals surface area contributed by atoms with Gasteiger partial charge >= 0.3 is 0 Å². The normalized spacial score (nSPS) is 11.0. The molecule has 0 aliphatic carbocycles. The van der Waals surface area contributed by atoms with Gasteiger partial charge in [0.15, 0.2) is 5.69 Å². The third-order valence-corrected chi connectivity index (χ3v) is 4.51. The van der Waals surface area contributed by atoms with Crippen LogP contribution in [0.5, 0.6) is 0 Å². The number of rotatable bonds is 4. The first-order chi connectivity index (χ1) is 12.6. The summed E-state index contributed by atoms with van der Waals surface area (Å²) in [6.07, 6.45) is 3.31. The molecule has 0 atom stereocenters. The number of carbonyl (C=O) groups excluding carboxylic acids is 1. The summed E-state index contributed by atoms with van der Waals surface area (Å²) in [7, 11) is 0. The van der Waals surface area contributed by atoms with Crippen LogP contribution >= 0.6 is 23.2 Å². The SMILES string of the molecule is O=C(Nc1cnn(Cc2ccc(Cl)cc2Cl)c1)c1n[nH]c2ccccc12. The van der Waals surface area contributed by atoms with E-state index in [2.05, 4.69) is 20.6 Å². The maximum absolute atomic E-state index is 12.5. The number of carbonyl (C=O) groups is 1. The lowest BCUT2D eigenvalue weighted by atomic mass is 10.2. The molecule has 4 aromatic rings. The molecule has 2 aromatic heterocycles. The van der Waals surface area contributed by atoms with E-state index in [0.717, 1.165) is 16.5 Å². The molecule has 0 saturated heterocycles. The van der Waals surface area contributed by atoms with Crippen molar-refractivity contribution < 1.29 is 4.79 Å². The molecule has 1 amide bonds. The summed E-state index contributed by atoms with van der Waals surface area (Å²) < 4.78 is 1.69. The van der Waals surface area contributed by atoms with Gasteiger partial charge in [-0.05, 0) is 23.8 Å². The highest BCUT2D eigenvalue weighted by Gasteiger charge is 2.14. The molecule has 2 heterocycles. The molecule has 2 N–H and O–H groups in total. The van der Waals surface area contributed by atoms with Crippen LogP contribution in [0.4, 0.5) is 5.69 Å². The average molecular weight is 386 g/mol. The lowest BCUT2D eigenvalue weighted by molar-refractivity contribution is 0.102. The maximum Gasteiger partial charge on any atom is 0.276 e. The highest BCUT2D eigenvalue weighted by molar-refractivity contribution is 6.35. The molecule has 6 nitrogen and oxygen atoms in total. The smallest absolute Gasteiger partial charge is 0.276 e. The van der Waals surface area contributed by atoms with Crippen LogP contribution in [0.1, 0.15) is 16.1 Å². The van der Waals surface area contributed by atoms with Gasteiger partial charge in [-0.1, -0.05) is 47.5 Å². The van der Waals surface area contributed by atoms with Crippen LogP contribution in [0.25, 0.3) is 10.9 Å².